The molecule has 0 atom stereocenters. The van der Waals surface area contributed by atoms with E-state index in [0.717, 1.165) is 12.1 Å². The predicted octanol–water partition coefficient (Wildman–Crippen LogP) is 4.04. The zero-order chi connectivity index (χ0) is 19.2. The van der Waals surface area contributed by atoms with Crippen LogP contribution in [0.5, 0.6) is 11.5 Å². The average Bonchev–Trinajstić information content (AvgIpc) is 2.61. The number of halogens is 3. The lowest BCUT2D eigenvalue weighted by molar-refractivity contribution is -0.137. The van der Waals surface area contributed by atoms with Crippen LogP contribution in [-0.2, 0) is 6.18 Å². The molecule has 138 valence electrons. The molecule has 0 saturated heterocycles. The second-order valence-corrected chi connectivity index (χ2v) is 5.42. The molecule has 5 nitrogen and oxygen atoms in total. The molecule has 0 fully saturated rings. The molecule has 0 bridgehead atoms. The van der Waals surface area contributed by atoms with E-state index in [1.807, 2.05) is 0 Å². The number of anilines is 1. The van der Waals surface area contributed by atoms with Crippen LogP contribution in [0.2, 0.25) is 0 Å². The normalized spacial score (nSPS) is 11.3. The maximum Gasteiger partial charge on any atom is 0.416 e. The number of rotatable bonds is 5. The van der Waals surface area contributed by atoms with Gasteiger partial charge in [0.25, 0.3) is 0 Å². The number of methoxy groups -OCH3 is 2. The Morgan fingerprint density at radius 2 is 1.69 bits per heavy atom. The van der Waals surface area contributed by atoms with Crippen LogP contribution in [0.4, 0.5) is 18.9 Å². The fraction of sp³-hybridized carbons (Fsp3) is 0.176. The highest BCUT2D eigenvalue weighted by atomic mass is 32.1. The summed E-state index contributed by atoms with van der Waals surface area (Å²) in [7, 11) is 3.06. The number of hydrazone groups is 1. The van der Waals surface area contributed by atoms with Crippen LogP contribution in [0.3, 0.4) is 0 Å². The standard InChI is InChI=1S/C17H16F3N3O2S/c1-24-14-8-7-13(9-15(14)25-2)22-16(26)23-21-10-11-3-5-12(6-4-11)17(18,19)20/h3-10H,1-2H3,(H2,22,23,26). The van der Waals surface area contributed by atoms with Gasteiger partial charge in [0.1, 0.15) is 0 Å². The minimum absolute atomic E-state index is 0.209. The molecule has 0 spiro atoms. The van der Waals surface area contributed by atoms with E-state index < -0.39 is 11.7 Å². The number of hydrogen-bond acceptors (Lipinski definition) is 4. The lowest BCUT2D eigenvalue weighted by Crippen LogP contribution is -2.23. The van der Waals surface area contributed by atoms with Crippen LogP contribution in [0.1, 0.15) is 11.1 Å². The first-order valence-corrected chi connectivity index (χ1v) is 7.73. The quantitative estimate of drug-likeness (QED) is 0.464. The molecular weight excluding hydrogens is 367 g/mol. The maximum atomic E-state index is 12.5. The highest BCUT2D eigenvalue weighted by Gasteiger charge is 2.29. The summed E-state index contributed by atoms with van der Waals surface area (Å²) < 4.78 is 47.8. The molecule has 0 aliphatic rings. The summed E-state index contributed by atoms with van der Waals surface area (Å²) in [6.07, 6.45) is -3.00. The Morgan fingerprint density at radius 1 is 1.04 bits per heavy atom. The minimum atomic E-state index is -4.36. The number of hydrogen-bond donors (Lipinski definition) is 2. The molecule has 0 unspecified atom stereocenters. The van der Waals surface area contributed by atoms with E-state index in [1.165, 1.54) is 32.6 Å². The Labute approximate surface area is 153 Å². The van der Waals surface area contributed by atoms with Gasteiger partial charge in [-0.2, -0.15) is 18.3 Å². The van der Waals surface area contributed by atoms with Crippen molar-refractivity contribution < 1.29 is 22.6 Å². The van der Waals surface area contributed by atoms with Gasteiger partial charge in [-0.3, -0.25) is 5.43 Å². The van der Waals surface area contributed by atoms with Gasteiger partial charge in [-0.05, 0) is 42.0 Å². The van der Waals surface area contributed by atoms with Crippen LogP contribution < -0.4 is 20.2 Å². The monoisotopic (exact) mass is 383 g/mol. The van der Waals surface area contributed by atoms with Crippen LogP contribution in [-0.4, -0.2) is 25.5 Å². The van der Waals surface area contributed by atoms with Gasteiger partial charge in [0.05, 0.1) is 26.0 Å². The van der Waals surface area contributed by atoms with E-state index in [9.17, 15) is 13.2 Å². The summed E-state index contributed by atoms with van der Waals surface area (Å²) in [6, 6.07) is 9.78. The first-order chi connectivity index (χ1) is 12.3. The van der Waals surface area contributed by atoms with Crippen LogP contribution in [0.25, 0.3) is 0 Å². The second-order valence-electron chi connectivity index (χ2n) is 5.01. The van der Waals surface area contributed by atoms with E-state index >= 15 is 0 Å². The lowest BCUT2D eigenvalue weighted by atomic mass is 10.1. The molecule has 0 radical (unpaired) electrons. The second kappa shape index (κ2) is 8.52. The highest BCUT2D eigenvalue weighted by Crippen LogP contribution is 2.30. The van der Waals surface area contributed by atoms with Gasteiger partial charge < -0.3 is 14.8 Å². The summed E-state index contributed by atoms with van der Waals surface area (Å²) in [5, 5.41) is 7.00. The van der Waals surface area contributed by atoms with Crippen molar-refractivity contribution in [2.24, 2.45) is 5.10 Å². The molecule has 0 amide bonds. The van der Waals surface area contributed by atoms with Gasteiger partial charge in [-0.25, -0.2) is 0 Å². The summed E-state index contributed by atoms with van der Waals surface area (Å²) in [6.45, 7) is 0. The molecule has 0 aliphatic carbocycles. The van der Waals surface area contributed by atoms with Crippen molar-refractivity contribution in [3.05, 3.63) is 53.6 Å². The minimum Gasteiger partial charge on any atom is -0.493 e. The van der Waals surface area contributed by atoms with Crippen molar-refractivity contribution in [2.45, 2.75) is 6.18 Å². The summed E-state index contributed by atoms with van der Waals surface area (Å²) >= 11 is 5.10. The van der Waals surface area contributed by atoms with Gasteiger partial charge in [0, 0.05) is 11.8 Å². The number of nitrogens with one attached hydrogen (secondary N) is 2. The number of alkyl halides is 3. The Hall–Kier alpha value is -2.81. The molecular formula is C17H16F3N3O2S. The van der Waals surface area contributed by atoms with Crippen molar-refractivity contribution >= 4 is 29.2 Å². The Balaban J connectivity index is 1.93. The van der Waals surface area contributed by atoms with E-state index in [1.54, 1.807) is 18.2 Å². The van der Waals surface area contributed by atoms with Gasteiger partial charge in [-0.15, -0.1) is 0 Å². The van der Waals surface area contributed by atoms with Crippen molar-refractivity contribution in [1.29, 1.82) is 0 Å². The zero-order valence-electron chi connectivity index (χ0n) is 13.9. The summed E-state index contributed by atoms with van der Waals surface area (Å²) in [5.41, 5.74) is 3.03. The van der Waals surface area contributed by atoms with Crippen LogP contribution in [0, 0.1) is 0 Å². The first kappa shape index (κ1) is 19.5. The number of thiocarbonyl (C=S) groups is 1. The van der Waals surface area contributed by atoms with Crippen molar-refractivity contribution in [1.82, 2.24) is 5.43 Å². The molecule has 0 aliphatic heterocycles. The lowest BCUT2D eigenvalue weighted by Gasteiger charge is -2.11. The van der Waals surface area contributed by atoms with E-state index in [4.69, 9.17) is 21.7 Å². The molecule has 2 N–H and O–H groups in total. The number of nitrogens with zero attached hydrogens (tertiary/aromatic N) is 1. The van der Waals surface area contributed by atoms with Gasteiger partial charge in [0.15, 0.2) is 16.6 Å². The number of ether oxygens (including phenoxy) is 2. The average molecular weight is 383 g/mol. The summed E-state index contributed by atoms with van der Waals surface area (Å²) in [5.74, 6) is 1.12. The largest absolute Gasteiger partial charge is 0.493 e. The SMILES string of the molecule is COc1ccc(NC(=S)NN=Cc2ccc(C(F)(F)F)cc2)cc1OC. The fourth-order valence-corrected chi connectivity index (χ4v) is 2.17. The predicted molar refractivity (Wildman–Crippen MR) is 97.9 cm³/mol. The topological polar surface area (TPSA) is 54.9 Å². The van der Waals surface area contributed by atoms with E-state index in [0.29, 0.717) is 22.7 Å². The smallest absolute Gasteiger partial charge is 0.416 e. The van der Waals surface area contributed by atoms with Gasteiger partial charge >= 0.3 is 6.18 Å². The maximum absolute atomic E-state index is 12.5. The number of benzene rings is 2. The molecule has 0 heterocycles. The van der Waals surface area contributed by atoms with Gasteiger partial charge in [0.2, 0.25) is 0 Å². The molecule has 26 heavy (non-hydrogen) atoms. The first-order valence-electron chi connectivity index (χ1n) is 7.33. The highest BCUT2D eigenvalue weighted by molar-refractivity contribution is 7.80. The van der Waals surface area contributed by atoms with Crippen LogP contribution >= 0.6 is 12.2 Å². The summed E-state index contributed by atoms with van der Waals surface area (Å²) in [4.78, 5) is 0. The Morgan fingerprint density at radius 3 is 2.27 bits per heavy atom. The Kier molecular flexibility index (Phi) is 6.40. The van der Waals surface area contributed by atoms with Crippen LogP contribution in [0.15, 0.2) is 47.6 Å². The Bertz CT molecular complexity index is 793. The third-order valence-corrected chi connectivity index (χ3v) is 3.45. The van der Waals surface area contributed by atoms with E-state index in [-0.39, 0.29) is 5.11 Å². The van der Waals surface area contributed by atoms with Crippen molar-refractivity contribution in [2.75, 3.05) is 19.5 Å². The van der Waals surface area contributed by atoms with Crippen molar-refractivity contribution in [3.63, 3.8) is 0 Å². The molecule has 2 aromatic carbocycles. The molecule has 9 heteroatoms. The van der Waals surface area contributed by atoms with Gasteiger partial charge in [-0.1, -0.05) is 12.1 Å². The van der Waals surface area contributed by atoms with Crippen molar-refractivity contribution in [3.8, 4) is 11.5 Å². The third kappa shape index (κ3) is 5.35. The molecule has 2 rings (SSSR count). The zero-order valence-corrected chi connectivity index (χ0v) is 14.7. The fourth-order valence-electron chi connectivity index (χ4n) is 2.00. The molecule has 0 saturated carbocycles. The molecule has 2 aromatic rings. The molecule has 0 aromatic heterocycles. The third-order valence-electron chi connectivity index (χ3n) is 3.26. The van der Waals surface area contributed by atoms with E-state index in [2.05, 4.69) is 15.8 Å².